The Hall–Kier alpha value is -1.40. The summed E-state index contributed by atoms with van der Waals surface area (Å²) in [5.74, 6) is -1.06. The molecule has 6 heteroatoms. The van der Waals surface area contributed by atoms with Crippen molar-refractivity contribution in [3.63, 3.8) is 0 Å². The number of carbonyl (C=O) groups excluding carboxylic acids is 1. The van der Waals surface area contributed by atoms with Crippen molar-refractivity contribution < 1.29 is 19.4 Å². The fourth-order valence-corrected chi connectivity index (χ4v) is 3.74. The normalized spacial score (nSPS) is 27.5. The minimum absolute atomic E-state index is 0.115. The summed E-state index contributed by atoms with van der Waals surface area (Å²) in [4.78, 5) is 26.1. The van der Waals surface area contributed by atoms with Crippen LogP contribution >= 0.6 is 15.9 Å². The molecule has 1 amide bonds. The Morgan fingerprint density at radius 2 is 2.23 bits per heavy atom. The van der Waals surface area contributed by atoms with Gasteiger partial charge in [0.25, 0.3) is 5.91 Å². The van der Waals surface area contributed by atoms with Gasteiger partial charge in [0.1, 0.15) is 0 Å². The van der Waals surface area contributed by atoms with Gasteiger partial charge in [-0.15, -0.1) is 0 Å². The maximum absolute atomic E-state index is 12.7. The summed E-state index contributed by atoms with van der Waals surface area (Å²) in [6.45, 7) is 3.52. The molecule has 0 saturated carbocycles. The van der Waals surface area contributed by atoms with E-state index < -0.39 is 11.4 Å². The highest BCUT2D eigenvalue weighted by molar-refractivity contribution is 9.10. The van der Waals surface area contributed by atoms with Crippen LogP contribution in [0.4, 0.5) is 0 Å². The zero-order valence-electron chi connectivity index (χ0n) is 12.3. The minimum Gasteiger partial charge on any atom is -0.481 e. The first-order valence-electron chi connectivity index (χ1n) is 7.30. The molecule has 22 heavy (non-hydrogen) atoms. The maximum Gasteiger partial charge on any atom is 0.311 e. The SMILES string of the molecule is Cc1ccc(C(=O)N2C[C@H]3COCC[C@@]3(C(=O)O)C2)cc1Br. The highest BCUT2D eigenvalue weighted by Gasteiger charge is 2.54. The molecule has 118 valence electrons. The molecule has 1 aromatic rings. The Morgan fingerprint density at radius 3 is 2.86 bits per heavy atom. The van der Waals surface area contributed by atoms with Gasteiger partial charge in [0.05, 0.1) is 12.0 Å². The zero-order valence-corrected chi connectivity index (χ0v) is 13.9. The number of ether oxygens (including phenoxy) is 1. The third-order valence-corrected chi connectivity index (χ3v) is 5.69. The number of carboxylic acid groups (broad SMARTS) is 1. The zero-order chi connectivity index (χ0) is 15.9. The number of halogens is 1. The van der Waals surface area contributed by atoms with Crippen LogP contribution in [0.25, 0.3) is 0 Å². The number of hydrogen-bond acceptors (Lipinski definition) is 3. The van der Waals surface area contributed by atoms with E-state index in [1.807, 2.05) is 13.0 Å². The number of aryl methyl sites for hydroxylation is 1. The largest absolute Gasteiger partial charge is 0.481 e. The first-order valence-corrected chi connectivity index (χ1v) is 8.10. The molecule has 0 bridgehead atoms. The highest BCUT2D eigenvalue weighted by atomic mass is 79.9. The van der Waals surface area contributed by atoms with Gasteiger partial charge in [-0.25, -0.2) is 0 Å². The van der Waals surface area contributed by atoms with Crippen LogP contribution in [0.1, 0.15) is 22.3 Å². The van der Waals surface area contributed by atoms with Crippen LogP contribution in [-0.4, -0.2) is 48.2 Å². The van der Waals surface area contributed by atoms with Crippen molar-refractivity contribution in [2.24, 2.45) is 11.3 Å². The quantitative estimate of drug-likeness (QED) is 0.870. The van der Waals surface area contributed by atoms with Crippen molar-refractivity contribution in [2.75, 3.05) is 26.3 Å². The first kappa shape index (κ1) is 15.5. The molecule has 2 heterocycles. The van der Waals surface area contributed by atoms with Crippen LogP contribution in [0.2, 0.25) is 0 Å². The fourth-order valence-electron chi connectivity index (χ4n) is 3.36. The van der Waals surface area contributed by atoms with E-state index in [0.29, 0.717) is 31.7 Å². The van der Waals surface area contributed by atoms with E-state index in [2.05, 4.69) is 15.9 Å². The third-order valence-electron chi connectivity index (χ3n) is 4.84. The third kappa shape index (κ3) is 2.44. The standard InChI is InChI=1S/C16H18BrNO4/c1-10-2-3-11(6-13(10)17)14(19)18-7-12-8-22-5-4-16(12,9-18)15(20)21/h2-3,6,12H,4-5,7-9H2,1H3,(H,20,21)/t12-,16+/m0/s1. The second kappa shape index (κ2) is 5.66. The van der Waals surface area contributed by atoms with Crippen LogP contribution in [-0.2, 0) is 9.53 Å². The minimum atomic E-state index is -0.851. The molecular formula is C16H18BrNO4. The number of amides is 1. The van der Waals surface area contributed by atoms with Crippen molar-refractivity contribution in [1.29, 1.82) is 0 Å². The Bertz CT molecular complexity index is 633. The summed E-state index contributed by atoms with van der Waals surface area (Å²) < 4.78 is 6.30. The van der Waals surface area contributed by atoms with Crippen molar-refractivity contribution in [3.8, 4) is 0 Å². The number of carboxylic acids is 1. The summed E-state index contributed by atoms with van der Waals surface area (Å²) in [5, 5.41) is 9.65. The van der Waals surface area contributed by atoms with Gasteiger partial charge in [-0.2, -0.15) is 0 Å². The van der Waals surface area contributed by atoms with Crippen molar-refractivity contribution in [3.05, 3.63) is 33.8 Å². The lowest BCUT2D eigenvalue weighted by atomic mass is 9.74. The number of fused-ring (bicyclic) bond motifs is 1. The molecule has 5 nitrogen and oxygen atoms in total. The average Bonchev–Trinajstić information content (AvgIpc) is 2.90. The molecule has 2 aliphatic rings. The molecule has 0 aromatic heterocycles. The van der Waals surface area contributed by atoms with Crippen molar-refractivity contribution >= 4 is 27.8 Å². The molecule has 1 aromatic carbocycles. The number of aliphatic carboxylic acids is 1. The van der Waals surface area contributed by atoms with Gasteiger partial charge in [-0.3, -0.25) is 9.59 Å². The van der Waals surface area contributed by atoms with Gasteiger partial charge in [-0.05, 0) is 31.0 Å². The molecule has 2 saturated heterocycles. The Labute approximate surface area is 137 Å². The molecule has 1 N–H and O–H groups in total. The van der Waals surface area contributed by atoms with Gasteiger partial charge >= 0.3 is 5.97 Å². The van der Waals surface area contributed by atoms with Crippen LogP contribution in [0.5, 0.6) is 0 Å². The van der Waals surface area contributed by atoms with Crippen LogP contribution in [0.15, 0.2) is 22.7 Å². The van der Waals surface area contributed by atoms with E-state index in [1.54, 1.807) is 17.0 Å². The lowest BCUT2D eigenvalue weighted by molar-refractivity contribution is -0.157. The van der Waals surface area contributed by atoms with E-state index >= 15 is 0 Å². The van der Waals surface area contributed by atoms with E-state index in [9.17, 15) is 14.7 Å². The average molecular weight is 368 g/mol. The number of hydrogen-bond donors (Lipinski definition) is 1. The van der Waals surface area contributed by atoms with Crippen LogP contribution < -0.4 is 0 Å². The van der Waals surface area contributed by atoms with E-state index in [0.717, 1.165) is 10.0 Å². The predicted octanol–water partition coefficient (Wildman–Crippen LogP) is 2.32. The van der Waals surface area contributed by atoms with E-state index in [-0.39, 0.29) is 18.4 Å². The molecule has 3 rings (SSSR count). The van der Waals surface area contributed by atoms with Gasteiger partial charge in [0.2, 0.25) is 0 Å². The van der Waals surface area contributed by atoms with Crippen molar-refractivity contribution in [1.82, 2.24) is 4.90 Å². The Balaban J connectivity index is 1.85. The lowest BCUT2D eigenvalue weighted by Gasteiger charge is -2.33. The summed E-state index contributed by atoms with van der Waals surface area (Å²) in [6, 6.07) is 5.47. The molecule has 0 aliphatic carbocycles. The molecule has 0 radical (unpaired) electrons. The summed E-state index contributed by atoms with van der Waals surface area (Å²) >= 11 is 3.43. The molecular weight excluding hydrogens is 350 g/mol. The topological polar surface area (TPSA) is 66.8 Å². The highest BCUT2D eigenvalue weighted by Crippen LogP contribution is 2.42. The van der Waals surface area contributed by atoms with Gasteiger partial charge in [0, 0.05) is 35.7 Å². The van der Waals surface area contributed by atoms with E-state index in [4.69, 9.17) is 4.74 Å². The molecule has 0 spiro atoms. The number of likely N-dealkylation sites (tertiary alicyclic amines) is 1. The monoisotopic (exact) mass is 367 g/mol. The molecule has 2 fully saturated rings. The van der Waals surface area contributed by atoms with E-state index in [1.165, 1.54) is 0 Å². The predicted molar refractivity (Wildman–Crippen MR) is 83.8 cm³/mol. The molecule has 2 aliphatic heterocycles. The van der Waals surface area contributed by atoms with Crippen LogP contribution in [0.3, 0.4) is 0 Å². The molecule has 2 atom stereocenters. The lowest BCUT2D eigenvalue weighted by Crippen LogP contribution is -2.45. The number of rotatable bonds is 2. The maximum atomic E-state index is 12.7. The summed E-state index contributed by atoms with van der Waals surface area (Å²) in [5.41, 5.74) is 0.787. The number of nitrogens with zero attached hydrogens (tertiary/aromatic N) is 1. The smallest absolute Gasteiger partial charge is 0.311 e. The Morgan fingerprint density at radius 1 is 1.45 bits per heavy atom. The number of benzene rings is 1. The first-order chi connectivity index (χ1) is 10.4. The summed E-state index contributed by atoms with van der Waals surface area (Å²) in [7, 11) is 0. The Kier molecular flexibility index (Phi) is 3.99. The van der Waals surface area contributed by atoms with Gasteiger partial charge < -0.3 is 14.7 Å². The second-order valence-corrected chi connectivity index (χ2v) is 6.99. The van der Waals surface area contributed by atoms with Gasteiger partial charge in [-0.1, -0.05) is 22.0 Å². The van der Waals surface area contributed by atoms with Gasteiger partial charge in [0.15, 0.2) is 0 Å². The number of carbonyl (C=O) groups is 2. The molecule has 0 unspecified atom stereocenters. The summed E-state index contributed by atoms with van der Waals surface area (Å²) in [6.07, 6.45) is 0.467. The second-order valence-electron chi connectivity index (χ2n) is 6.13. The fraction of sp³-hybridized carbons (Fsp3) is 0.500. The van der Waals surface area contributed by atoms with Crippen LogP contribution in [0, 0.1) is 18.3 Å². The van der Waals surface area contributed by atoms with Crippen molar-refractivity contribution in [2.45, 2.75) is 13.3 Å².